The number of carbonyl (C=O) groups excluding carboxylic acids is 1. The number of carbonyl (C=O) groups is 2. The number of carboxylic acid groups (broad SMARTS) is 1. The molecule has 24 heavy (non-hydrogen) atoms. The molecule has 1 unspecified atom stereocenters. The number of aliphatic carboxylic acids is 1. The molecular formula is C17H20ClNO5. The van der Waals surface area contributed by atoms with Crippen molar-refractivity contribution < 1.29 is 24.2 Å². The molecule has 1 N–H and O–H groups in total. The number of hydrogen-bond acceptors (Lipinski definition) is 4. The fourth-order valence-electron chi connectivity index (χ4n) is 3.42. The second-order valence-electron chi connectivity index (χ2n) is 6.15. The summed E-state index contributed by atoms with van der Waals surface area (Å²) in [6, 6.07) is 7.34. The molecule has 1 aromatic carbocycles. The Morgan fingerprint density at radius 3 is 2.67 bits per heavy atom. The van der Waals surface area contributed by atoms with Crippen LogP contribution in [0.4, 0.5) is 0 Å². The monoisotopic (exact) mass is 353 g/mol. The minimum atomic E-state index is -1.05. The van der Waals surface area contributed by atoms with Crippen LogP contribution in [0, 0.1) is 0 Å². The summed E-state index contributed by atoms with van der Waals surface area (Å²) in [6.45, 7) is 1.67. The molecule has 2 heterocycles. The highest BCUT2D eigenvalue weighted by Gasteiger charge is 2.45. The van der Waals surface area contributed by atoms with Crippen molar-refractivity contribution in [2.24, 2.45) is 0 Å². The molecule has 0 bridgehead atoms. The van der Waals surface area contributed by atoms with Gasteiger partial charge in [0.25, 0.3) is 0 Å². The minimum Gasteiger partial charge on any atom is -0.479 e. The van der Waals surface area contributed by atoms with E-state index in [1.807, 2.05) is 18.2 Å². The van der Waals surface area contributed by atoms with Crippen LogP contribution < -0.4 is 0 Å². The van der Waals surface area contributed by atoms with Gasteiger partial charge in [-0.05, 0) is 30.5 Å². The summed E-state index contributed by atoms with van der Waals surface area (Å²) >= 11 is 6.13. The predicted octanol–water partition coefficient (Wildman–Crippen LogP) is 1.70. The number of nitrogens with zero attached hydrogens (tertiary/aromatic N) is 1. The molecule has 1 aromatic rings. The molecule has 1 atom stereocenters. The Kier molecular flexibility index (Phi) is 5.08. The number of hydrogen-bond donors (Lipinski definition) is 1. The fraction of sp³-hybridized carbons (Fsp3) is 0.529. The molecule has 6 nitrogen and oxygen atoms in total. The Morgan fingerprint density at radius 1 is 1.25 bits per heavy atom. The van der Waals surface area contributed by atoms with Crippen LogP contribution in [0.25, 0.3) is 0 Å². The third kappa shape index (κ3) is 3.27. The van der Waals surface area contributed by atoms with E-state index in [0.717, 1.165) is 5.56 Å². The maximum atomic E-state index is 13.3. The van der Waals surface area contributed by atoms with Gasteiger partial charge in [0.1, 0.15) is 0 Å². The normalized spacial score (nSPS) is 23.7. The standard InChI is InChI=1S/C17H20ClNO5/c18-13-3-1-2-12(10-13)17(4-7-23-8-5-17)16(22)19-6-9-24-14(11-19)15(20)21/h1-3,10,14H,4-9,11H2,(H,20,21). The predicted molar refractivity (Wildman–Crippen MR) is 87.1 cm³/mol. The lowest BCUT2D eigenvalue weighted by molar-refractivity contribution is -0.162. The first kappa shape index (κ1) is 17.2. The number of morpholine rings is 1. The van der Waals surface area contributed by atoms with Gasteiger partial charge in [0.05, 0.1) is 18.6 Å². The number of benzene rings is 1. The van der Waals surface area contributed by atoms with Crippen LogP contribution >= 0.6 is 11.6 Å². The molecule has 130 valence electrons. The van der Waals surface area contributed by atoms with Gasteiger partial charge in [-0.1, -0.05) is 23.7 Å². The van der Waals surface area contributed by atoms with Gasteiger partial charge in [0.2, 0.25) is 5.91 Å². The summed E-state index contributed by atoms with van der Waals surface area (Å²) in [5.41, 5.74) is 0.144. The van der Waals surface area contributed by atoms with Crippen molar-refractivity contribution in [3.8, 4) is 0 Å². The van der Waals surface area contributed by atoms with E-state index in [1.165, 1.54) is 0 Å². The molecule has 0 aliphatic carbocycles. The van der Waals surface area contributed by atoms with Crippen molar-refractivity contribution in [2.75, 3.05) is 32.9 Å². The van der Waals surface area contributed by atoms with E-state index in [2.05, 4.69) is 0 Å². The Balaban J connectivity index is 1.91. The molecule has 2 aliphatic rings. The van der Waals surface area contributed by atoms with E-state index in [4.69, 9.17) is 26.2 Å². The SMILES string of the molecule is O=C(O)C1CN(C(=O)C2(c3cccc(Cl)c3)CCOCC2)CCO1. The first-order valence-electron chi connectivity index (χ1n) is 8.00. The zero-order chi connectivity index (χ0) is 17.2. The Labute approximate surface area is 145 Å². The number of amides is 1. The number of rotatable bonds is 3. The van der Waals surface area contributed by atoms with Crippen molar-refractivity contribution in [3.05, 3.63) is 34.9 Å². The summed E-state index contributed by atoms with van der Waals surface area (Å²) in [4.78, 5) is 26.1. The molecule has 7 heteroatoms. The fourth-order valence-corrected chi connectivity index (χ4v) is 3.61. The lowest BCUT2D eigenvalue weighted by atomic mass is 9.73. The van der Waals surface area contributed by atoms with Crippen molar-refractivity contribution in [2.45, 2.75) is 24.4 Å². The van der Waals surface area contributed by atoms with Crippen molar-refractivity contribution in [3.63, 3.8) is 0 Å². The van der Waals surface area contributed by atoms with Gasteiger partial charge in [0, 0.05) is 24.8 Å². The molecule has 0 spiro atoms. The maximum absolute atomic E-state index is 13.3. The Morgan fingerprint density at radius 2 is 2.00 bits per heavy atom. The van der Waals surface area contributed by atoms with Gasteiger partial charge in [-0.3, -0.25) is 4.79 Å². The quantitative estimate of drug-likeness (QED) is 0.895. The van der Waals surface area contributed by atoms with E-state index < -0.39 is 17.5 Å². The lowest BCUT2D eigenvalue weighted by Gasteiger charge is -2.42. The smallest absolute Gasteiger partial charge is 0.334 e. The molecule has 2 aliphatic heterocycles. The molecule has 0 radical (unpaired) electrons. The highest BCUT2D eigenvalue weighted by molar-refractivity contribution is 6.30. The number of halogens is 1. The maximum Gasteiger partial charge on any atom is 0.334 e. The van der Waals surface area contributed by atoms with Crippen LogP contribution in [0.1, 0.15) is 18.4 Å². The van der Waals surface area contributed by atoms with Crippen LogP contribution in [-0.2, 0) is 24.5 Å². The van der Waals surface area contributed by atoms with Gasteiger partial charge in [-0.15, -0.1) is 0 Å². The number of carboxylic acids is 1. The van der Waals surface area contributed by atoms with Gasteiger partial charge in [-0.2, -0.15) is 0 Å². The van der Waals surface area contributed by atoms with Crippen LogP contribution in [0.5, 0.6) is 0 Å². The van der Waals surface area contributed by atoms with Crippen molar-refractivity contribution in [1.29, 1.82) is 0 Å². The van der Waals surface area contributed by atoms with Gasteiger partial charge >= 0.3 is 5.97 Å². The minimum absolute atomic E-state index is 0.0668. The average molecular weight is 354 g/mol. The molecule has 3 rings (SSSR count). The molecular weight excluding hydrogens is 334 g/mol. The van der Waals surface area contributed by atoms with E-state index in [1.54, 1.807) is 11.0 Å². The number of ether oxygens (including phenoxy) is 2. The Hall–Kier alpha value is -1.63. The molecule has 0 aromatic heterocycles. The highest BCUT2D eigenvalue weighted by atomic mass is 35.5. The van der Waals surface area contributed by atoms with Crippen LogP contribution in [0.15, 0.2) is 24.3 Å². The second kappa shape index (κ2) is 7.09. The molecule has 0 saturated carbocycles. The van der Waals surface area contributed by atoms with Crippen LogP contribution in [-0.4, -0.2) is 60.9 Å². The third-order valence-electron chi connectivity index (χ3n) is 4.76. The largest absolute Gasteiger partial charge is 0.479 e. The van der Waals surface area contributed by atoms with Crippen LogP contribution in [0.2, 0.25) is 5.02 Å². The summed E-state index contributed by atoms with van der Waals surface area (Å²) in [5, 5.41) is 9.75. The zero-order valence-corrected chi connectivity index (χ0v) is 14.0. The highest BCUT2D eigenvalue weighted by Crippen LogP contribution is 2.38. The van der Waals surface area contributed by atoms with Crippen LogP contribution in [0.3, 0.4) is 0 Å². The molecule has 2 saturated heterocycles. The first-order chi connectivity index (χ1) is 11.5. The zero-order valence-electron chi connectivity index (χ0n) is 13.2. The van der Waals surface area contributed by atoms with Gasteiger partial charge in [0.15, 0.2) is 6.10 Å². The summed E-state index contributed by atoms with van der Waals surface area (Å²) in [5.74, 6) is -1.11. The molecule has 1 amide bonds. The van der Waals surface area contributed by atoms with E-state index >= 15 is 0 Å². The van der Waals surface area contributed by atoms with E-state index in [0.29, 0.717) is 37.6 Å². The average Bonchev–Trinajstić information content (AvgIpc) is 2.61. The van der Waals surface area contributed by atoms with Crippen molar-refractivity contribution >= 4 is 23.5 Å². The summed E-state index contributed by atoms with van der Waals surface area (Å²) < 4.78 is 10.7. The molecule has 2 fully saturated rings. The Bertz CT molecular complexity index is 629. The van der Waals surface area contributed by atoms with Crippen molar-refractivity contribution in [1.82, 2.24) is 4.90 Å². The lowest BCUT2D eigenvalue weighted by Crippen LogP contribution is -2.56. The van der Waals surface area contributed by atoms with E-state index in [9.17, 15) is 9.59 Å². The first-order valence-corrected chi connectivity index (χ1v) is 8.38. The topological polar surface area (TPSA) is 76.1 Å². The van der Waals surface area contributed by atoms with E-state index in [-0.39, 0.29) is 19.1 Å². The van der Waals surface area contributed by atoms with Gasteiger partial charge < -0.3 is 19.5 Å². The second-order valence-corrected chi connectivity index (χ2v) is 6.59. The van der Waals surface area contributed by atoms with Gasteiger partial charge in [-0.25, -0.2) is 4.79 Å². The summed E-state index contributed by atoms with van der Waals surface area (Å²) in [7, 11) is 0. The third-order valence-corrected chi connectivity index (χ3v) is 5.00. The summed E-state index contributed by atoms with van der Waals surface area (Å²) in [6.07, 6.45) is 0.140.